The van der Waals surface area contributed by atoms with E-state index in [9.17, 15) is 4.79 Å². The molecule has 0 aliphatic heterocycles. The Balaban J connectivity index is 2.12. The number of aryl methyl sites for hydroxylation is 1. The summed E-state index contributed by atoms with van der Waals surface area (Å²) in [5, 5.41) is 0. The van der Waals surface area contributed by atoms with Gasteiger partial charge >= 0.3 is 0 Å². The minimum Gasteiger partial charge on any atom is -0.429 e. The van der Waals surface area contributed by atoms with Crippen molar-refractivity contribution >= 4 is 6.47 Å². The van der Waals surface area contributed by atoms with Gasteiger partial charge in [0.2, 0.25) is 0 Å². The Hall–Kier alpha value is -2.35. The van der Waals surface area contributed by atoms with E-state index in [1.54, 1.807) is 12.1 Å². The van der Waals surface area contributed by atoms with E-state index in [0.717, 1.165) is 24.0 Å². The summed E-state index contributed by atoms with van der Waals surface area (Å²) < 4.78 is 4.77. The van der Waals surface area contributed by atoms with Gasteiger partial charge in [-0.3, -0.25) is 4.79 Å². The van der Waals surface area contributed by atoms with E-state index in [0.29, 0.717) is 12.2 Å². The van der Waals surface area contributed by atoms with Crippen LogP contribution in [0.3, 0.4) is 0 Å². The molecule has 0 aliphatic rings. The van der Waals surface area contributed by atoms with Crippen LogP contribution in [0.5, 0.6) is 5.75 Å². The highest BCUT2D eigenvalue weighted by Crippen LogP contribution is 2.22. The average molecular weight is 252 g/mol. The van der Waals surface area contributed by atoms with Gasteiger partial charge in [0.25, 0.3) is 6.47 Å². The van der Waals surface area contributed by atoms with Crippen molar-refractivity contribution in [2.24, 2.45) is 0 Å². The summed E-state index contributed by atoms with van der Waals surface area (Å²) in [6.07, 6.45) is 3.95. The monoisotopic (exact) mass is 252 g/mol. The average Bonchev–Trinajstić information content (AvgIpc) is 2.47. The second kappa shape index (κ2) is 6.55. The van der Waals surface area contributed by atoms with Gasteiger partial charge in [0.05, 0.1) is 0 Å². The van der Waals surface area contributed by atoms with Crippen molar-refractivity contribution in [3.63, 3.8) is 0 Å². The molecule has 19 heavy (non-hydrogen) atoms. The lowest BCUT2D eigenvalue weighted by atomic mass is 10.0. The first-order valence-electron chi connectivity index (χ1n) is 6.24. The third-order valence-electron chi connectivity index (χ3n) is 2.96. The molecule has 0 saturated carbocycles. The van der Waals surface area contributed by atoms with E-state index in [1.165, 1.54) is 5.56 Å². The SMILES string of the molecule is C=CCCc1ccc(-c2ccc(OC=O)cc2)cc1. The highest BCUT2D eigenvalue weighted by molar-refractivity contribution is 5.64. The molecular weight excluding hydrogens is 236 g/mol. The fourth-order valence-corrected chi connectivity index (χ4v) is 1.91. The van der Waals surface area contributed by atoms with E-state index in [2.05, 4.69) is 30.8 Å². The quantitative estimate of drug-likeness (QED) is 0.573. The molecule has 96 valence electrons. The largest absolute Gasteiger partial charge is 0.429 e. The number of carbonyl (C=O) groups excluding carboxylic acids is 1. The van der Waals surface area contributed by atoms with E-state index >= 15 is 0 Å². The van der Waals surface area contributed by atoms with E-state index in [1.807, 2.05) is 18.2 Å². The fraction of sp³-hybridized carbons (Fsp3) is 0.118. The maximum Gasteiger partial charge on any atom is 0.298 e. The minimum absolute atomic E-state index is 0.434. The topological polar surface area (TPSA) is 26.3 Å². The number of benzene rings is 2. The lowest BCUT2D eigenvalue weighted by molar-refractivity contribution is -0.120. The number of carbonyl (C=O) groups is 1. The Morgan fingerprint density at radius 3 is 2.05 bits per heavy atom. The summed E-state index contributed by atoms with van der Waals surface area (Å²) in [7, 11) is 0. The molecule has 2 nitrogen and oxygen atoms in total. The van der Waals surface area contributed by atoms with Crippen molar-refractivity contribution in [3.8, 4) is 16.9 Å². The van der Waals surface area contributed by atoms with Crippen LogP contribution in [0.25, 0.3) is 11.1 Å². The normalized spacial score (nSPS) is 9.89. The van der Waals surface area contributed by atoms with Crippen LogP contribution >= 0.6 is 0 Å². The number of hydrogen-bond acceptors (Lipinski definition) is 2. The predicted octanol–water partition coefficient (Wildman–Crippen LogP) is 4.01. The first-order valence-corrected chi connectivity index (χ1v) is 6.24. The van der Waals surface area contributed by atoms with Crippen molar-refractivity contribution in [2.75, 3.05) is 0 Å². The van der Waals surface area contributed by atoms with Gasteiger partial charge in [0, 0.05) is 0 Å². The molecule has 0 aliphatic carbocycles. The maximum atomic E-state index is 10.2. The molecule has 0 heterocycles. The molecule has 0 bridgehead atoms. The van der Waals surface area contributed by atoms with Crippen molar-refractivity contribution in [2.45, 2.75) is 12.8 Å². The molecule has 0 atom stereocenters. The molecule has 2 rings (SSSR count). The zero-order chi connectivity index (χ0) is 13.5. The Morgan fingerprint density at radius 2 is 1.53 bits per heavy atom. The molecule has 0 radical (unpaired) electrons. The Morgan fingerprint density at radius 1 is 0.947 bits per heavy atom. The molecule has 0 unspecified atom stereocenters. The molecule has 0 spiro atoms. The van der Waals surface area contributed by atoms with Gasteiger partial charge in [-0.2, -0.15) is 0 Å². The molecule has 0 amide bonds. The summed E-state index contributed by atoms with van der Waals surface area (Å²) in [6, 6.07) is 15.9. The van der Waals surface area contributed by atoms with Crippen LogP contribution in [0.15, 0.2) is 61.2 Å². The van der Waals surface area contributed by atoms with Crippen LogP contribution in [0, 0.1) is 0 Å². The van der Waals surface area contributed by atoms with Crippen molar-refractivity contribution < 1.29 is 9.53 Å². The summed E-state index contributed by atoms with van der Waals surface area (Å²) in [5.41, 5.74) is 3.57. The second-order valence-corrected chi connectivity index (χ2v) is 4.26. The lowest BCUT2D eigenvalue weighted by Crippen LogP contribution is -1.88. The smallest absolute Gasteiger partial charge is 0.298 e. The van der Waals surface area contributed by atoms with Gasteiger partial charge in [-0.1, -0.05) is 42.5 Å². The maximum absolute atomic E-state index is 10.2. The van der Waals surface area contributed by atoms with Crippen molar-refractivity contribution in [1.82, 2.24) is 0 Å². The van der Waals surface area contributed by atoms with Crippen LogP contribution in [0.2, 0.25) is 0 Å². The molecule has 0 N–H and O–H groups in total. The second-order valence-electron chi connectivity index (χ2n) is 4.26. The van der Waals surface area contributed by atoms with Gasteiger partial charge in [0.1, 0.15) is 5.75 Å². The molecule has 2 heteroatoms. The Kier molecular flexibility index (Phi) is 4.51. The third kappa shape index (κ3) is 3.55. The molecule has 0 fully saturated rings. The number of allylic oxidation sites excluding steroid dienone is 1. The van der Waals surface area contributed by atoms with Crippen LogP contribution in [-0.2, 0) is 11.2 Å². The zero-order valence-electron chi connectivity index (χ0n) is 10.7. The first kappa shape index (κ1) is 13.1. The third-order valence-corrected chi connectivity index (χ3v) is 2.96. The van der Waals surface area contributed by atoms with Crippen LogP contribution in [-0.4, -0.2) is 6.47 Å². The molecule has 2 aromatic carbocycles. The zero-order valence-corrected chi connectivity index (χ0v) is 10.7. The predicted molar refractivity (Wildman–Crippen MR) is 77.1 cm³/mol. The van der Waals surface area contributed by atoms with Gasteiger partial charge in [0.15, 0.2) is 0 Å². The number of rotatable bonds is 6. The molecule has 0 saturated heterocycles. The highest BCUT2D eigenvalue weighted by atomic mass is 16.5. The Labute approximate surface area is 113 Å². The lowest BCUT2D eigenvalue weighted by Gasteiger charge is -2.05. The summed E-state index contributed by atoms with van der Waals surface area (Å²) >= 11 is 0. The van der Waals surface area contributed by atoms with Gasteiger partial charge < -0.3 is 4.74 Å². The van der Waals surface area contributed by atoms with E-state index in [-0.39, 0.29) is 0 Å². The van der Waals surface area contributed by atoms with Gasteiger partial charge in [-0.15, -0.1) is 6.58 Å². The summed E-state index contributed by atoms with van der Waals surface area (Å²) in [5.74, 6) is 0.557. The van der Waals surface area contributed by atoms with Gasteiger partial charge in [-0.05, 0) is 41.7 Å². The molecule has 2 aromatic rings. The molecule has 0 aromatic heterocycles. The van der Waals surface area contributed by atoms with E-state index in [4.69, 9.17) is 4.74 Å². The number of ether oxygens (including phenoxy) is 1. The number of hydrogen-bond donors (Lipinski definition) is 0. The highest BCUT2D eigenvalue weighted by Gasteiger charge is 1.99. The van der Waals surface area contributed by atoms with Crippen LogP contribution in [0.1, 0.15) is 12.0 Å². The first-order chi connectivity index (χ1) is 9.33. The van der Waals surface area contributed by atoms with E-state index < -0.39 is 0 Å². The molecular formula is C17H16O2. The summed E-state index contributed by atoms with van der Waals surface area (Å²) in [6.45, 7) is 4.16. The van der Waals surface area contributed by atoms with Crippen molar-refractivity contribution in [3.05, 3.63) is 66.7 Å². The summed E-state index contributed by atoms with van der Waals surface area (Å²) in [4.78, 5) is 10.2. The van der Waals surface area contributed by atoms with Crippen LogP contribution in [0.4, 0.5) is 0 Å². The van der Waals surface area contributed by atoms with Crippen molar-refractivity contribution in [1.29, 1.82) is 0 Å². The Bertz CT molecular complexity index is 538. The fourth-order valence-electron chi connectivity index (χ4n) is 1.91. The van der Waals surface area contributed by atoms with Crippen LogP contribution < -0.4 is 4.74 Å². The van der Waals surface area contributed by atoms with Gasteiger partial charge in [-0.25, -0.2) is 0 Å². The standard InChI is InChI=1S/C17H16O2/c1-2-3-4-14-5-7-15(8-6-14)16-9-11-17(12-10-16)19-13-18/h2,5-13H,1,3-4H2. The minimum atomic E-state index is 0.434.